The summed E-state index contributed by atoms with van der Waals surface area (Å²) in [5.74, 6) is 0. The molecule has 0 aliphatic heterocycles. The predicted molar refractivity (Wildman–Crippen MR) is 246 cm³/mol. The molecule has 6 aromatic rings. The Morgan fingerprint density at radius 2 is 1.42 bits per heavy atom. The molecule has 57 heavy (non-hydrogen) atoms. The van der Waals surface area contributed by atoms with E-state index >= 15 is 0 Å². The molecule has 3 heteroatoms. The number of para-hydroxylation sites is 1. The Hall–Kier alpha value is -6.58. The second-order valence-electron chi connectivity index (χ2n) is 15.3. The van der Waals surface area contributed by atoms with Crippen LogP contribution in [0.25, 0.3) is 38.6 Å². The van der Waals surface area contributed by atoms with Gasteiger partial charge < -0.3 is 14.6 Å². The number of furan rings is 1. The van der Waals surface area contributed by atoms with Crippen molar-refractivity contribution in [3.8, 4) is 11.1 Å². The first-order chi connectivity index (χ1) is 27.7. The molecule has 1 aliphatic carbocycles. The van der Waals surface area contributed by atoms with E-state index in [1.54, 1.807) is 0 Å². The second-order valence-corrected chi connectivity index (χ2v) is 15.3. The van der Waals surface area contributed by atoms with Gasteiger partial charge in [0.05, 0.1) is 0 Å². The van der Waals surface area contributed by atoms with E-state index in [4.69, 9.17) is 4.42 Å². The van der Waals surface area contributed by atoms with E-state index in [1.807, 2.05) is 68.5 Å². The van der Waals surface area contributed by atoms with Crippen LogP contribution in [0.3, 0.4) is 0 Å². The Kier molecular flexibility index (Phi) is 11.6. The van der Waals surface area contributed by atoms with Crippen LogP contribution in [0, 0.1) is 6.92 Å². The molecule has 284 valence electrons. The van der Waals surface area contributed by atoms with Crippen LogP contribution >= 0.6 is 0 Å². The van der Waals surface area contributed by atoms with Gasteiger partial charge in [0.25, 0.3) is 0 Å². The molecule has 1 heterocycles. The third-order valence-electron chi connectivity index (χ3n) is 10.7. The number of benzene rings is 5. The van der Waals surface area contributed by atoms with Gasteiger partial charge in [-0.2, -0.15) is 0 Å². The summed E-state index contributed by atoms with van der Waals surface area (Å²) in [6.45, 7) is 19.6. The number of nitrogens with zero attached hydrogens (tertiary/aromatic N) is 1. The summed E-state index contributed by atoms with van der Waals surface area (Å²) in [5, 5.41) is 5.66. The van der Waals surface area contributed by atoms with Crippen molar-refractivity contribution in [2.24, 2.45) is 0 Å². The van der Waals surface area contributed by atoms with Crippen LogP contribution in [0.15, 0.2) is 199 Å². The molecule has 0 unspecified atom stereocenters. The zero-order chi connectivity index (χ0) is 39.9. The third kappa shape index (κ3) is 8.49. The lowest BCUT2D eigenvalue weighted by Gasteiger charge is -2.28. The van der Waals surface area contributed by atoms with Gasteiger partial charge >= 0.3 is 0 Å². The van der Waals surface area contributed by atoms with Crippen LogP contribution in [0.4, 0.5) is 17.1 Å². The number of rotatable bonds is 11. The molecule has 1 N–H and O–H groups in total. The molecule has 7 rings (SSSR count). The maximum Gasteiger partial charge on any atom is 0.135 e. The number of anilines is 3. The molecule has 0 bridgehead atoms. The van der Waals surface area contributed by atoms with E-state index in [0.29, 0.717) is 0 Å². The molecule has 0 spiro atoms. The Balaban J connectivity index is 1.28. The largest absolute Gasteiger partial charge is 0.456 e. The van der Waals surface area contributed by atoms with Crippen molar-refractivity contribution in [1.29, 1.82) is 0 Å². The van der Waals surface area contributed by atoms with Crippen LogP contribution < -0.4 is 10.2 Å². The standard InChI is InChI=1S/C54H52N2O/c1-8-10-14-19-39(4)55-51(22-11-9-2)40(5)47-32-30-45(35-38(47)3)56(46-31-33-53-49(37-46)48-21-16-17-23-52(48)57-53)44-28-26-41(27-29-44)43-25-24-42-20-15-12-13-18-34-54(6,7)50(42)36-43/h8-19,21-33,35-37,55H,4-5,20,34H2,1-3,6-7H3/b10-8-,11-9-,15-12-,18-13-,19-14-,51-22+. The van der Waals surface area contributed by atoms with Gasteiger partial charge in [-0.05, 0) is 139 Å². The van der Waals surface area contributed by atoms with Gasteiger partial charge in [-0.25, -0.2) is 0 Å². The van der Waals surface area contributed by atoms with Crippen LogP contribution in [-0.2, 0) is 11.8 Å². The maximum absolute atomic E-state index is 6.24. The first-order valence-corrected chi connectivity index (χ1v) is 19.8. The monoisotopic (exact) mass is 744 g/mol. The summed E-state index contributed by atoms with van der Waals surface area (Å²) in [4.78, 5) is 2.33. The third-order valence-corrected chi connectivity index (χ3v) is 10.7. The second kappa shape index (κ2) is 17.1. The quantitative estimate of drug-likeness (QED) is 0.134. The molecule has 3 nitrogen and oxygen atoms in total. The molecule has 0 saturated carbocycles. The number of aryl methyl sites for hydroxylation is 1. The summed E-state index contributed by atoms with van der Waals surface area (Å²) in [7, 11) is 0. The summed E-state index contributed by atoms with van der Waals surface area (Å²) in [6, 6.07) is 37.3. The minimum Gasteiger partial charge on any atom is -0.456 e. The molecule has 0 fully saturated rings. The van der Waals surface area contributed by atoms with E-state index in [9.17, 15) is 0 Å². The predicted octanol–water partition coefficient (Wildman–Crippen LogP) is 15.1. The fraction of sp³-hybridized carbons (Fsp3) is 0.148. The number of hydrogen-bond acceptors (Lipinski definition) is 3. The Morgan fingerprint density at radius 3 is 2.21 bits per heavy atom. The van der Waals surface area contributed by atoms with Crippen molar-refractivity contribution in [2.45, 2.75) is 52.9 Å². The highest BCUT2D eigenvalue weighted by atomic mass is 16.3. The molecule has 1 aromatic heterocycles. The average Bonchev–Trinajstić information content (AvgIpc) is 3.61. The normalized spacial score (nSPS) is 15.4. The lowest BCUT2D eigenvalue weighted by molar-refractivity contribution is 0.530. The number of fused-ring (bicyclic) bond motifs is 4. The minimum absolute atomic E-state index is 0.0341. The van der Waals surface area contributed by atoms with E-state index in [0.717, 1.165) is 79.9 Å². The summed E-state index contributed by atoms with van der Waals surface area (Å²) >= 11 is 0. The topological polar surface area (TPSA) is 28.4 Å². The average molecular weight is 745 g/mol. The first-order valence-electron chi connectivity index (χ1n) is 19.8. The maximum atomic E-state index is 6.24. The minimum atomic E-state index is 0.0341. The van der Waals surface area contributed by atoms with Gasteiger partial charge in [0.1, 0.15) is 11.2 Å². The van der Waals surface area contributed by atoms with Crippen LogP contribution in [-0.4, -0.2) is 0 Å². The fourth-order valence-electron chi connectivity index (χ4n) is 7.67. The van der Waals surface area contributed by atoms with E-state index in [2.05, 4.69) is 159 Å². The van der Waals surface area contributed by atoms with Crippen LogP contribution in [0.5, 0.6) is 0 Å². The number of nitrogens with one attached hydrogen (secondary N) is 1. The summed E-state index contributed by atoms with van der Waals surface area (Å²) in [6.07, 6.45) is 24.8. The SMILES string of the molecule is C=C(/C=C\C=C/C)N/C(=C/C=C\C)C(=C)c1ccc(N(c2ccc(-c3ccc4c(c3)C(C)(C)C/C=C\C=C/C4)cc2)c2ccc3oc4ccccc4c3c2)cc1C. The molecule has 5 aromatic carbocycles. The van der Waals surface area contributed by atoms with Crippen molar-refractivity contribution in [3.63, 3.8) is 0 Å². The fourth-order valence-corrected chi connectivity index (χ4v) is 7.67. The smallest absolute Gasteiger partial charge is 0.135 e. The summed E-state index contributed by atoms with van der Waals surface area (Å²) < 4.78 is 6.24. The Morgan fingerprint density at radius 1 is 0.719 bits per heavy atom. The van der Waals surface area contributed by atoms with Crippen molar-refractivity contribution in [3.05, 3.63) is 217 Å². The Labute approximate surface area is 338 Å². The summed E-state index contributed by atoms with van der Waals surface area (Å²) in [5.41, 5.74) is 14.9. The molecule has 0 radical (unpaired) electrons. The molecule has 0 atom stereocenters. The highest BCUT2D eigenvalue weighted by molar-refractivity contribution is 6.06. The Bertz CT molecular complexity index is 2630. The molecule has 1 aliphatic rings. The number of hydrogen-bond donors (Lipinski definition) is 1. The highest BCUT2D eigenvalue weighted by Gasteiger charge is 2.24. The van der Waals surface area contributed by atoms with Gasteiger partial charge in [0.2, 0.25) is 0 Å². The first kappa shape index (κ1) is 38.7. The van der Waals surface area contributed by atoms with Crippen LogP contribution in [0.1, 0.15) is 56.4 Å². The highest BCUT2D eigenvalue weighted by Crippen LogP contribution is 2.41. The molecule has 0 saturated heterocycles. The van der Waals surface area contributed by atoms with Gasteiger partial charge in [-0.3, -0.25) is 0 Å². The van der Waals surface area contributed by atoms with Gasteiger partial charge in [0.15, 0.2) is 0 Å². The van der Waals surface area contributed by atoms with Gasteiger partial charge in [-0.1, -0.05) is 136 Å². The molecule has 0 amide bonds. The molecular formula is C54H52N2O. The van der Waals surface area contributed by atoms with Gasteiger partial charge in [0, 0.05) is 39.2 Å². The van der Waals surface area contributed by atoms with E-state index in [-0.39, 0.29) is 5.41 Å². The van der Waals surface area contributed by atoms with Crippen molar-refractivity contribution in [1.82, 2.24) is 5.32 Å². The lowest BCUT2D eigenvalue weighted by Crippen LogP contribution is -2.18. The van der Waals surface area contributed by atoms with Crippen molar-refractivity contribution in [2.75, 3.05) is 4.90 Å². The van der Waals surface area contributed by atoms with Crippen molar-refractivity contribution >= 4 is 44.6 Å². The van der Waals surface area contributed by atoms with Gasteiger partial charge in [-0.15, -0.1) is 0 Å². The van der Waals surface area contributed by atoms with E-state index in [1.165, 1.54) is 22.3 Å². The zero-order valence-electron chi connectivity index (χ0n) is 33.8. The number of allylic oxidation sites excluding steroid dienone is 12. The van der Waals surface area contributed by atoms with Crippen LogP contribution in [0.2, 0.25) is 0 Å². The van der Waals surface area contributed by atoms with E-state index < -0.39 is 0 Å². The molecular weight excluding hydrogens is 693 g/mol. The lowest BCUT2D eigenvalue weighted by atomic mass is 9.77. The zero-order valence-corrected chi connectivity index (χ0v) is 33.8. The van der Waals surface area contributed by atoms with Crippen molar-refractivity contribution < 1.29 is 4.42 Å².